The second-order valence-electron chi connectivity index (χ2n) is 7.31. The minimum atomic E-state index is -0.223. The zero-order chi connectivity index (χ0) is 20.5. The molecule has 4 unspecified atom stereocenters. The van der Waals surface area contributed by atoms with Crippen molar-refractivity contribution in [2.45, 2.75) is 29.3 Å². The third-order valence-corrected chi connectivity index (χ3v) is 6.95. The minimum Gasteiger partial charge on any atom is -0.338 e. The molecule has 0 saturated carbocycles. The van der Waals surface area contributed by atoms with Crippen LogP contribution in [0, 0.1) is 0 Å². The molecular formula is C21H20BrN5O2S. The van der Waals surface area contributed by atoms with Gasteiger partial charge in [-0.3, -0.25) is 10.1 Å². The third kappa shape index (κ3) is 4.02. The van der Waals surface area contributed by atoms with E-state index in [0.717, 1.165) is 16.6 Å². The van der Waals surface area contributed by atoms with Crippen molar-refractivity contribution in [3.63, 3.8) is 0 Å². The predicted molar refractivity (Wildman–Crippen MR) is 119 cm³/mol. The van der Waals surface area contributed by atoms with Gasteiger partial charge in [-0.1, -0.05) is 51.4 Å². The Morgan fingerprint density at radius 1 is 1.13 bits per heavy atom. The van der Waals surface area contributed by atoms with Crippen molar-refractivity contribution in [3.05, 3.63) is 70.5 Å². The summed E-state index contributed by atoms with van der Waals surface area (Å²) in [6.07, 6.45) is 0. The number of aromatic nitrogens is 2. The van der Waals surface area contributed by atoms with Crippen LogP contribution in [0.15, 0.2) is 63.6 Å². The molecule has 9 heteroatoms. The Bertz CT molecular complexity index is 1030. The Morgan fingerprint density at radius 2 is 1.93 bits per heavy atom. The molecule has 0 aliphatic carbocycles. The van der Waals surface area contributed by atoms with E-state index in [1.807, 2.05) is 42.5 Å². The van der Waals surface area contributed by atoms with Crippen LogP contribution in [0.5, 0.6) is 0 Å². The number of hydrogen-bond donors (Lipinski definition) is 3. The number of halogens is 1. The van der Waals surface area contributed by atoms with Crippen LogP contribution >= 0.6 is 27.7 Å². The summed E-state index contributed by atoms with van der Waals surface area (Å²) >= 11 is 4.96. The fourth-order valence-electron chi connectivity index (χ4n) is 3.94. The zero-order valence-corrected chi connectivity index (χ0v) is 18.3. The highest BCUT2D eigenvalue weighted by Crippen LogP contribution is 2.30. The Balaban J connectivity index is 1.24. The summed E-state index contributed by atoms with van der Waals surface area (Å²) in [6.45, 7) is 0.775. The Labute approximate surface area is 186 Å². The lowest BCUT2D eigenvalue weighted by atomic mass is 9.90. The number of carbonyl (C=O) groups is 1. The molecule has 2 fully saturated rings. The summed E-state index contributed by atoms with van der Waals surface area (Å²) in [5, 5.41) is 14.0. The van der Waals surface area contributed by atoms with Crippen molar-refractivity contribution in [3.8, 4) is 11.4 Å². The first-order valence-corrected chi connectivity index (χ1v) is 11.6. The predicted octanol–water partition coefficient (Wildman–Crippen LogP) is 2.86. The summed E-state index contributed by atoms with van der Waals surface area (Å²) in [5.41, 5.74) is 1.92. The highest BCUT2D eigenvalue weighted by Gasteiger charge is 2.45. The number of fused-ring (bicyclic) bond motifs is 1. The first-order chi connectivity index (χ1) is 14.7. The van der Waals surface area contributed by atoms with E-state index in [2.05, 4.69) is 54.2 Å². The van der Waals surface area contributed by atoms with Crippen molar-refractivity contribution in [1.29, 1.82) is 0 Å². The zero-order valence-electron chi connectivity index (χ0n) is 15.9. The van der Waals surface area contributed by atoms with Gasteiger partial charge in [-0.2, -0.15) is 4.98 Å². The lowest BCUT2D eigenvalue weighted by Gasteiger charge is -2.35. The molecule has 3 N–H and O–H groups in total. The van der Waals surface area contributed by atoms with Crippen LogP contribution < -0.4 is 16.0 Å². The number of nitrogens with zero attached hydrogens (tertiary/aromatic N) is 2. The monoisotopic (exact) mass is 485 g/mol. The van der Waals surface area contributed by atoms with Gasteiger partial charge in [0.25, 0.3) is 0 Å². The normalized spacial score (nSPS) is 25.7. The molecule has 1 aromatic heterocycles. The lowest BCUT2D eigenvalue weighted by molar-refractivity contribution is -0.125. The molecule has 0 radical (unpaired) electrons. The Morgan fingerprint density at radius 3 is 2.73 bits per heavy atom. The van der Waals surface area contributed by atoms with Gasteiger partial charge < -0.3 is 15.2 Å². The molecule has 0 spiro atoms. The molecule has 2 aromatic carbocycles. The van der Waals surface area contributed by atoms with Crippen LogP contribution in [-0.4, -0.2) is 40.2 Å². The number of amides is 1. The van der Waals surface area contributed by atoms with Crippen molar-refractivity contribution < 1.29 is 9.32 Å². The van der Waals surface area contributed by atoms with E-state index in [0.29, 0.717) is 17.5 Å². The van der Waals surface area contributed by atoms with Gasteiger partial charge in [0.1, 0.15) is 11.5 Å². The van der Waals surface area contributed by atoms with Crippen molar-refractivity contribution in [1.82, 2.24) is 26.1 Å². The average Bonchev–Trinajstić information content (AvgIpc) is 3.41. The highest BCUT2D eigenvalue weighted by molar-refractivity contribution is 9.10. The fraction of sp³-hybridized carbons (Fsp3) is 0.286. The molecule has 3 heterocycles. The average molecular weight is 486 g/mol. The SMILES string of the molecule is O=C1NC(SCc2nc(-c3ccc(Br)cc3)no2)NC2C1NCC2c1ccccc1. The van der Waals surface area contributed by atoms with Crippen LogP contribution in [-0.2, 0) is 10.5 Å². The molecule has 5 rings (SSSR count). The van der Waals surface area contributed by atoms with Crippen molar-refractivity contribution in [2.24, 2.45) is 0 Å². The second kappa shape index (κ2) is 8.50. The number of hydrogen-bond acceptors (Lipinski definition) is 7. The smallest absolute Gasteiger partial charge is 0.240 e. The summed E-state index contributed by atoms with van der Waals surface area (Å²) in [6, 6.07) is 17.9. The van der Waals surface area contributed by atoms with E-state index in [1.165, 1.54) is 17.3 Å². The maximum atomic E-state index is 12.6. The quantitative estimate of drug-likeness (QED) is 0.511. The first-order valence-electron chi connectivity index (χ1n) is 9.72. The Hall–Kier alpha value is -2.20. The number of carbonyl (C=O) groups excluding carboxylic acids is 1. The molecule has 30 heavy (non-hydrogen) atoms. The molecule has 3 aromatic rings. The van der Waals surface area contributed by atoms with E-state index in [4.69, 9.17) is 4.52 Å². The molecule has 2 aliphatic heterocycles. The van der Waals surface area contributed by atoms with E-state index in [1.54, 1.807) is 0 Å². The number of nitrogens with one attached hydrogen (secondary N) is 3. The van der Waals surface area contributed by atoms with Crippen LogP contribution in [0.2, 0.25) is 0 Å². The molecule has 4 atom stereocenters. The molecule has 7 nitrogen and oxygen atoms in total. The van der Waals surface area contributed by atoms with Crippen LogP contribution in [0.4, 0.5) is 0 Å². The maximum absolute atomic E-state index is 12.6. The largest absolute Gasteiger partial charge is 0.338 e. The topological polar surface area (TPSA) is 92.1 Å². The Kier molecular flexibility index (Phi) is 5.60. The number of thioether (sulfide) groups is 1. The molecule has 1 amide bonds. The molecule has 2 saturated heterocycles. The highest BCUT2D eigenvalue weighted by atomic mass is 79.9. The van der Waals surface area contributed by atoms with Crippen molar-refractivity contribution >= 4 is 33.6 Å². The second-order valence-corrected chi connectivity index (χ2v) is 9.32. The third-order valence-electron chi connectivity index (χ3n) is 5.42. The summed E-state index contributed by atoms with van der Waals surface area (Å²) in [5.74, 6) is 1.86. The van der Waals surface area contributed by atoms with Gasteiger partial charge in [0.05, 0.1) is 5.75 Å². The minimum absolute atomic E-state index is 0.0239. The van der Waals surface area contributed by atoms with Gasteiger partial charge in [-0.05, 0) is 29.8 Å². The van der Waals surface area contributed by atoms with Gasteiger partial charge in [0.2, 0.25) is 17.6 Å². The molecular weight excluding hydrogens is 466 g/mol. The van der Waals surface area contributed by atoms with Gasteiger partial charge in [-0.15, -0.1) is 11.8 Å². The van der Waals surface area contributed by atoms with Gasteiger partial charge >= 0.3 is 0 Å². The molecule has 0 bridgehead atoms. The molecule has 2 aliphatic rings. The fourth-order valence-corrected chi connectivity index (χ4v) is 5.09. The summed E-state index contributed by atoms with van der Waals surface area (Å²) in [7, 11) is 0. The van der Waals surface area contributed by atoms with E-state index in [-0.39, 0.29) is 29.4 Å². The summed E-state index contributed by atoms with van der Waals surface area (Å²) in [4.78, 5) is 17.1. The van der Waals surface area contributed by atoms with E-state index >= 15 is 0 Å². The van der Waals surface area contributed by atoms with Gasteiger partial charge in [-0.25, -0.2) is 0 Å². The lowest BCUT2D eigenvalue weighted by Crippen LogP contribution is -2.64. The van der Waals surface area contributed by atoms with Crippen LogP contribution in [0.25, 0.3) is 11.4 Å². The van der Waals surface area contributed by atoms with E-state index < -0.39 is 0 Å². The van der Waals surface area contributed by atoms with E-state index in [9.17, 15) is 4.79 Å². The summed E-state index contributed by atoms with van der Waals surface area (Å²) < 4.78 is 6.40. The van der Waals surface area contributed by atoms with Gasteiger partial charge in [0, 0.05) is 28.5 Å². The van der Waals surface area contributed by atoms with Crippen LogP contribution in [0.3, 0.4) is 0 Å². The number of benzene rings is 2. The number of rotatable bonds is 5. The first kappa shape index (κ1) is 19.7. The van der Waals surface area contributed by atoms with Crippen molar-refractivity contribution in [2.75, 3.05) is 6.54 Å². The maximum Gasteiger partial charge on any atom is 0.240 e. The standard InChI is InChI=1S/C21H20BrN5O2S/c22-14-8-6-13(7-9-14)19-24-16(29-27-19)11-30-21-25-17-15(12-4-2-1-3-5-12)10-23-18(17)20(28)26-21/h1-9,15,17-18,21,23,25H,10-11H2,(H,26,28). The van der Waals surface area contributed by atoms with Gasteiger partial charge in [0.15, 0.2) is 0 Å². The molecule has 154 valence electrons. The van der Waals surface area contributed by atoms with Crippen LogP contribution in [0.1, 0.15) is 17.4 Å².